The van der Waals surface area contributed by atoms with Crippen LogP contribution in [-0.4, -0.2) is 49.0 Å². The molecule has 0 amide bonds. The lowest BCUT2D eigenvalue weighted by molar-refractivity contribution is 0.0618. The summed E-state index contributed by atoms with van der Waals surface area (Å²) in [5.41, 5.74) is 5.87. The van der Waals surface area contributed by atoms with Gasteiger partial charge in [0.25, 0.3) is 0 Å². The topological polar surface area (TPSA) is 131 Å². The van der Waals surface area contributed by atoms with Crippen molar-refractivity contribution in [2.45, 2.75) is 39.8 Å². The largest absolute Gasteiger partial charge is 0.518 e. The summed E-state index contributed by atoms with van der Waals surface area (Å²) in [7, 11) is -7.26. The van der Waals surface area contributed by atoms with E-state index in [9.17, 15) is 0 Å². The van der Waals surface area contributed by atoms with E-state index >= 15 is 0 Å². The summed E-state index contributed by atoms with van der Waals surface area (Å²) in [5, 5.41) is 0. The summed E-state index contributed by atoms with van der Waals surface area (Å²) in [6.45, 7) is 9.57. The number of rotatable bonds is 8. The van der Waals surface area contributed by atoms with Gasteiger partial charge in [-0.2, -0.15) is 0 Å². The highest BCUT2D eigenvalue weighted by Crippen LogP contribution is 2.25. The maximum absolute atomic E-state index is 8.88. The minimum atomic E-state index is -4.64. The van der Waals surface area contributed by atoms with Crippen molar-refractivity contribution >= 4 is 16.6 Å². The Bertz CT molecular complexity index is 238. The van der Waals surface area contributed by atoms with Crippen molar-refractivity contribution in [3.8, 4) is 0 Å². The Morgan fingerprint density at radius 1 is 1.00 bits per heavy atom. The Kier molecular flexibility index (Phi) is 12.3. The lowest BCUT2D eigenvalue weighted by atomic mass is 10.5. The van der Waals surface area contributed by atoms with Crippen molar-refractivity contribution in [2.24, 2.45) is 5.73 Å². The molecule has 1 atom stereocenters. The van der Waals surface area contributed by atoms with Gasteiger partial charge < -0.3 is 33.7 Å². The third-order valence-electron chi connectivity index (χ3n) is 1.93. The van der Waals surface area contributed by atoms with Crippen molar-refractivity contribution < 1.29 is 32.5 Å². The molecule has 0 spiro atoms. The predicted molar refractivity (Wildman–Crippen MR) is 73.2 cm³/mol. The molecule has 0 aliphatic heterocycles. The summed E-state index contributed by atoms with van der Waals surface area (Å²) >= 11 is 0. The second-order valence-electron chi connectivity index (χ2n) is 3.43. The molecule has 0 radical (unpaired) electrons. The van der Waals surface area contributed by atoms with Gasteiger partial charge in [-0.3, -0.25) is 0 Å². The zero-order chi connectivity index (χ0) is 15.5. The van der Waals surface area contributed by atoms with Gasteiger partial charge in [-0.1, -0.05) is 6.92 Å². The smallest absolute Gasteiger partial charge is 0.373 e. The van der Waals surface area contributed by atoms with Gasteiger partial charge in [0.15, 0.2) is 0 Å². The molecule has 1 unspecified atom stereocenters. The third kappa shape index (κ3) is 11.7. The Morgan fingerprint density at radius 2 is 1.26 bits per heavy atom. The number of nitrogens with two attached hydrogens (primary N) is 1. The molecule has 0 aromatic heterocycles. The van der Waals surface area contributed by atoms with Crippen LogP contribution in [0.15, 0.2) is 0 Å². The SMILES string of the molecule is CCO[Si](OCC)(OCC)C(N)CC.O=P(O)(O)O. The molecule has 10 heteroatoms. The first kappa shape index (κ1) is 21.5. The normalized spacial score (nSPS) is 13.7. The van der Waals surface area contributed by atoms with Crippen LogP contribution in [-0.2, 0) is 17.8 Å². The van der Waals surface area contributed by atoms with Gasteiger partial charge in [0, 0.05) is 19.8 Å². The van der Waals surface area contributed by atoms with E-state index in [1.165, 1.54) is 0 Å². The van der Waals surface area contributed by atoms with Gasteiger partial charge in [0.2, 0.25) is 0 Å². The molecule has 0 heterocycles. The first-order chi connectivity index (χ1) is 8.66. The summed E-state index contributed by atoms with van der Waals surface area (Å²) < 4.78 is 25.8. The van der Waals surface area contributed by atoms with E-state index in [0.717, 1.165) is 6.42 Å². The zero-order valence-electron chi connectivity index (χ0n) is 11.9. The first-order valence-corrected chi connectivity index (χ1v) is 9.49. The fourth-order valence-electron chi connectivity index (χ4n) is 1.30. The minimum Gasteiger partial charge on any atom is -0.373 e. The third-order valence-corrected chi connectivity index (χ3v) is 5.32. The molecular weight excluding hydrogens is 293 g/mol. The van der Waals surface area contributed by atoms with E-state index in [0.29, 0.717) is 19.8 Å². The lowest BCUT2D eigenvalue weighted by Crippen LogP contribution is -2.60. The molecule has 0 aliphatic rings. The number of hydrogen-bond donors (Lipinski definition) is 4. The van der Waals surface area contributed by atoms with Crippen LogP contribution in [0.3, 0.4) is 0 Å². The molecule has 0 saturated heterocycles. The van der Waals surface area contributed by atoms with Gasteiger partial charge in [0.1, 0.15) is 0 Å². The molecule has 0 bridgehead atoms. The van der Waals surface area contributed by atoms with Crippen LogP contribution in [0.5, 0.6) is 0 Å². The van der Waals surface area contributed by atoms with Gasteiger partial charge in [-0.15, -0.1) is 0 Å². The fourth-order valence-corrected chi connectivity index (χ4v) is 3.90. The summed E-state index contributed by atoms with van der Waals surface area (Å²) in [6, 6.07) is 0. The summed E-state index contributed by atoms with van der Waals surface area (Å²) in [4.78, 5) is 21.6. The van der Waals surface area contributed by atoms with Crippen LogP contribution >= 0.6 is 7.82 Å². The standard InChI is InChI=1S/C9H23NO3Si.H3O4P/c1-5-9(10)14(11-6-2,12-7-3)13-8-4;1-5(2,3)4/h9H,5-8,10H2,1-4H3;(H3,1,2,3,4). The molecule has 0 aliphatic carbocycles. The Labute approximate surface area is 115 Å². The second kappa shape index (κ2) is 10.9. The van der Waals surface area contributed by atoms with E-state index in [1.54, 1.807) is 0 Å². The minimum absolute atomic E-state index is 0.123. The van der Waals surface area contributed by atoms with Crippen molar-refractivity contribution in [1.29, 1.82) is 0 Å². The molecule has 0 rings (SSSR count). The molecule has 0 aromatic carbocycles. The number of phosphoric acid groups is 1. The maximum Gasteiger partial charge on any atom is 0.518 e. The number of hydrogen-bond acceptors (Lipinski definition) is 5. The predicted octanol–water partition coefficient (Wildman–Crippen LogP) is 0.383. The highest BCUT2D eigenvalue weighted by Gasteiger charge is 2.46. The average Bonchev–Trinajstić information content (AvgIpc) is 2.26. The van der Waals surface area contributed by atoms with Crippen molar-refractivity contribution in [1.82, 2.24) is 0 Å². The lowest BCUT2D eigenvalue weighted by Gasteiger charge is -2.32. The van der Waals surface area contributed by atoms with Crippen LogP contribution in [0.2, 0.25) is 0 Å². The van der Waals surface area contributed by atoms with Crippen LogP contribution in [0.1, 0.15) is 34.1 Å². The van der Waals surface area contributed by atoms with E-state index in [4.69, 9.17) is 38.3 Å². The molecule has 0 fully saturated rings. The molecular formula is C9H26NO7PSi. The second-order valence-corrected chi connectivity index (χ2v) is 7.27. The Hall–Kier alpha value is 0.167. The van der Waals surface area contributed by atoms with Crippen molar-refractivity contribution in [3.05, 3.63) is 0 Å². The highest BCUT2D eigenvalue weighted by molar-refractivity contribution is 7.45. The molecule has 8 nitrogen and oxygen atoms in total. The van der Waals surface area contributed by atoms with Gasteiger partial charge in [-0.25, -0.2) is 4.57 Å². The average molecular weight is 319 g/mol. The molecule has 0 saturated carbocycles. The quantitative estimate of drug-likeness (QED) is 0.373. The summed E-state index contributed by atoms with van der Waals surface area (Å²) in [6.07, 6.45) is 0.812. The fraction of sp³-hybridized carbons (Fsp3) is 1.00. The van der Waals surface area contributed by atoms with Gasteiger partial charge >= 0.3 is 16.6 Å². The van der Waals surface area contributed by atoms with E-state index < -0.39 is 16.6 Å². The Morgan fingerprint density at radius 3 is 1.42 bits per heavy atom. The highest BCUT2D eigenvalue weighted by atomic mass is 31.2. The van der Waals surface area contributed by atoms with E-state index in [2.05, 4.69) is 0 Å². The van der Waals surface area contributed by atoms with E-state index in [1.807, 2.05) is 27.7 Å². The molecule has 19 heavy (non-hydrogen) atoms. The van der Waals surface area contributed by atoms with Gasteiger partial charge in [0.05, 0.1) is 5.67 Å². The van der Waals surface area contributed by atoms with Crippen molar-refractivity contribution in [3.63, 3.8) is 0 Å². The zero-order valence-corrected chi connectivity index (χ0v) is 13.8. The van der Waals surface area contributed by atoms with Crippen LogP contribution < -0.4 is 5.73 Å². The molecule has 0 aromatic rings. The maximum atomic E-state index is 8.88. The summed E-state index contributed by atoms with van der Waals surface area (Å²) in [5.74, 6) is 0. The van der Waals surface area contributed by atoms with Gasteiger partial charge in [-0.05, 0) is 27.2 Å². The molecule has 5 N–H and O–H groups in total. The van der Waals surface area contributed by atoms with Crippen LogP contribution in [0.4, 0.5) is 0 Å². The van der Waals surface area contributed by atoms with Crippen LogP contribution in [0.25, 0.3) is 0 Å². The monoisotopic (exact) mass is 319 g/mol. The first-order valence-electron chi connectivity index (χ1n) is 6.12. The van der Waals surface area contributed by atoms with Crippen molar-refractivity contribution in [2.75, 3.05) is 19.8 Å². The van der Waals surface area contributed by atoms with E-state index in [-0.39, 0.29) is 5.67 Å². The molecule has 118 valence electrons. The Balaban J connectivity index is 0. The van der Waals surface area contributed by atoms with Crippen LogP contribution in [0, 0.1) is 0 Å².